The predicted octanol–water partition coefficient (Wildman–Crippen LogP) is 3.96. The van der Waals surface area contributed by atoms with Gasteiger partial charge in [-0.25, -0.2) is 4.98 Å². The van der Waals surface area contributed by atoms with Crippen molar-refractivity contribution < 1.29 is 4.79 Å². The largest absolute Gasteiger partial charge is 0.355 e. The number of rotatable bonds is 9. The number of hydrogen-bond acceptors (Lipinski definition) is 5. The Hall–Kier alpha value is -2.12. The van der Waals surface area contributed by atoms with Crippen LogP contribution in [0.2, 0.25) is 0 Å². The van der Waals surface area contributed by atoms with E-state index < -0.39 is 0 Å². The van der Waals surface area contributed by atoms with E-state index in [0.717, 1.165) is 12.8 Å². The molecule has 0 saturated heterocycles. The number of thioether (sulfide) groups is 1. The van der Waals surface area contributed by atoms with Crippen molar-refractivity contribution in [2.45, 2.75) is 38.4 Å². The zero-order valence-electron chi connectivity index (χ0n) is 16.2. The fraction of sp³-hybridized carbons (Fsp3) is 0.381. The van der Waals surface area contributed by atoms with Gasteiger partial charge in [0.2, 0.25) is 5.91 Å². The number of carbonyl (C=O) groups excluding carboxylic acids is 1. The van der Waals surface area contributed by atoms with E-state index in [9.17, 15) is 9.59 Å². The summed E-state index contributed by atoms with van der Waals surface area (Å²) in [4.78, 5) is 29.7. The number of carbonyl (C=O) groups is 1. The number of nitrogens with one attached hydrogen (secondary N) is 1. The van der Waals surface area contributed by atoms with Gasteiger partial charge in [-0.05, 0) is 35.8 Å². The first-order valence-electron chi connectivity index (χ1n) is 9.46. The standard InChI is InChI=1S/C21H25N3O2S2/c1-15(2)9-12-24-20(26)19-17(10-13-27-19)23-21(24)28-14-18(25)22-11-8-16-6-4-3-5-7-16/h3-7,10,13,15H,8-9,11-12,14H2,1-2H3,(H,22,25). The van der Waals surface area contributed by atoms with E-state index in [1.165, 1.54) is 28.7 Å². The molecule has 0 saturated carbocycles. The first-order valence-corrected chi connectivity index (χ1v) is 11.3. The third kappa shape index (κ3) is 5.45. The molecule has 28 heavy (non-hydrogen) atoms. The van der Waals surface area contributed by atoms with Gasteiger partial charge in [-0.1, -0.05) is 55.9 Å². The van der Waals surface area contributed by atoms with Gasteiger partial charge >= 0.3 is 0 Å². The number of amides is 1. The topological polar surface area (TPSA) is 64.0 Å². The highest BCUT2D eigenvalue weighted by Crippen LogP contribution is 2.21. The predicted molar refractivity (Wildman–Crippen MR) is 117 cm³/mol. The molecule has 3 rings (SSSR count). The summed E-state index contributed by atoms with van der Waals surface area (Å²) in [5, 5.41) is 5.45. The number of hydrogen-bond donors (Lipinski definition) is 1. The molecule has 0 atom stereocenters. The van der Waals surface area contributed by atoms with Crippen molar-refractivity contribution in [2.24, 2.45) is 5.92 Å². The minimum atomic E-state index is -0.0454. The molecule has 0 aliphatic carbocycles. The van der Waals surface area contributed by atoms with Crippen LogP contribution in [0.3, 0.4) is 0 Å². The molecule has 7 heteroatoms. The lowest BCUT2D eigenvalue weighted by atomic mass is 10.1. The molecule has 1 amide bonds. The summed E-state index contributed by atoms with van der Waals surface area (Å²) in [6.07, 6.45) is 1.70. The average Bonchev–Trinajstić information content (AvgIpc) is 3.15. The Balaban J connectivity index is 1.63. The lowest BCUT2D eigenvalue weighted by Crippen LogP contribution is -2.28. The molecule has 3 aromatic rings. The lowest BCUT2D eigenvalue weighted by Gasteiger charge is -2.13. The van der Waals surface area contributed by atoms with Gasteiger partial charge in [-0.3, -0.25) is 14.2 Å². The Kier molecular flexibility index (Phi) is 7.28. The van der Waals surface area contributed by atoms with Crippen LogP contribution in [0.1, 0.15) is 25.8 Å². The summed E-state index contributed by atoms with van der Waals surface area (Å²) in [6, 6.07) is 11.9. The fourth-order valence-corrected chi connectivity index (χ4v) is 4.42. The number of nitrogens with zero attached hydrogens (tertiary/aromatic N) is 2. The minimum Gasteiger partial charge on any atom is -0.355 e. The van der Waals surface area contributed by atoms with Crippen molar-refractivity contribution in [3.05, 3.63) is 57.7 Å². The summed E-state index contributed by atoms with van der Waals surface area (Å²) >= 11 is 2.75. The average molecular weight is 416 g/mol. The van der Waals surface area contributed by atoms with Gasteiger partial charge in [0.15, 0.2) is 5.16 Å². The Morgan fingerprint density at radius 2 is 2.04 bits per heavy atom. The third-order valence-electron chi connectivity index (χ3n) is 4.37. The van der Waals surface area contributed by atoms with Gasteiger partial charge in [-0.15, -0.1) is 11.3 Å². The van der Waals surface area contributed by atoms with Gasteiger partial charge in [0.05, 0.1) is 11.3 Å². The highest BCUT2D eigenvalue weighted by Gasteiger charge is 2.14. The van der Waals surface area contributed by atoms with Crippen LogP contribution in [0.5, 0.6) is 0 Å². The Morgan fingerprint density at radius 3 is 2.79 bits per heavy atom. The maximum Gasteiger partial charge on any atom is 0.272 e. The van der Waals surface area contributed by atoms with Crippen LogP contribution in [-0.2, 0) is 17.8 Å². The van der Waals surface area contributed by atoms with E-state index >= 15 is 0 Å². The maximum absolute atomic E-state index is 12.8. The summed E-state index contributed by atoms with van der Waals surface area (Å²) in [7, 11) is 0. The van der Waals surface area contributed by atoms with Crippen LogP contribution in [-0.4, -0.2) is 27.8 Å². The van der Waals surface area contributed by atoms with Crippen LogP contribution in [0, 0.1) is 5.92 Å². The second-order valence-corrected chi connectivity index (χ2v) is 8.90. The Labute approximate surface area is 173 Å². The summed E-state index contributed by atoms with van der Waals surface area (Å²) < 4.78 is 2.40. The molecule has 2 heterocycles. The van der Waals surface area contributed by atoms with Gasteiger partial charge in [0.1, 0.15) is 4.70 Å². The van der Waals surface area contributed by atoms with E-state index in [4.69, 9.17) is 0 Å². The molecule has 0 fully saturated rings. The maximum atomic E-state index is 12.8. The SMILES string of the molecule is CC(C)CCn1c(SCC(=O)NCCc2ccccc2)nc2ccsc2c1=O. The van der Waals surface area contributed by atoms with Crippen LogP contribution >= 0.6 is 23.1 Å². The van der Waals surface area contributed by atoms with E-state index in [2.05, 4.69) is 24.1 Å². The molecule has 5 nitrogen and oxygen atoms in total. The van der Waals surface area contributed by atoms with Crippen molar-refractivity contribution in [1.82, 2.24) is 14.9 Å². The van der Waals surface area contributed by atoms with Crippen molar-refractivity contribution in [3.63, 3.8) is 0 Å². The Bertz CT molecular complexity index is 980. The molecular formula is C21H25N3O2S2. The molecule has 1 aromatic carbocycles. The zero-order valence-corrected chi connectivity index (χ0v) is 17.8. The smallest absolute Gasteiger partial charge is 0.272 e. The molecule has 0 unspecified atom stereocenters. The molecule has 0 bridgehead atoms. The van der Waals surface area contributed by atoms with Gasteiger partial charge in [-0.2, -0.15) is 0 Å². The second-order valence-electron chi connectivity index (χ2n) is 7.04. The summed E-state index contributed by atoms with van der Waals surface area (Å²) in [6.45, 7) is 5.49. The number of aromatic nitrogens is 2. The first-order chi connectivity index (χ1) is 13.5. The van der Waals surface area contributed by atoms with Gasteiger partial charge in [0.25, 0.3) is 5.56 Å². The fourth-order valence-electron chi connectivity index (χ4n) is 2.79. The highest BCUT2D eigenvalue weighted by atomic mass is 32.2. The van der Waals surface area contributed by atoms with Crippen LogP contribution in [0.25, 0.3) is 10.2 Å². The zero-order chi connectivity index (χ0) is 19.9. The lowest BCUT2D eigenvalue weighted by molar-refractivity contribution is -0.118. The van der Waals surface area contributed by atoms with E-state index in [1.807, 2.05) is 41.8 Å². The van der Waals surface area contributed by atoms with Gasteiger partial charge in [0, 0.05) is 13.1 Å². The molecule has 0 spiro atoms. The van der Waals surface area contributed by atoms with Crippen LogP contribution in [0.15, 0.2) is 51.7 Å². The normalized spacial score (nSPS) is 11.2. The highest BCUT2D eigenvalue weighted by molar-refractivity contribution is 7.99. The molecule has 2 aromatic heterocycles. The molecule has 1 N–H and O–H groups in total. The molecule has 0 aliphatic heterocycles. The van der Waals surface area contributed by atoms with Crippen molar-refractivity contribution in [1.29, 1.82) is 0 Å². The molecule has 148 valence electrons. The molecule has 0 aliphatic rings. The number of thiophene rings is 1. The van der Waals surface area contributed by atoms with Crippen molar-refractivity contribution in [3.8, 4) is 0 Å². The quantitative estimate of drug-likeness (QED) is 0.424. The van der Waals surface area contributed by atoms with Gasteiger partial charge < -0.3 is 5.32 Å². The van der Waals surface area contributed by atoms with Crippen LogP contribution in [0.4, 0.5) is 0 Å². The minimum absolute atomic E-state index is 0.00682. The van der Waals surface area contributed by atoms with E-state index in [1.54, 1.807) is 4.57 Å². The monoisotopic (exact) mass is 415 g/mol. The number of fused-ring (bicyclic) bond motifs is 1. The van der Waals surface area contributed by atoms with E-state index in [-0.39, 0.29) is 17.2 Å². The third-order valence-corrected chi connectivity index (χ3v) is 6.24. The van der Waals surface area contributed by atoms with Crippen molar-refractivity contribution in [2.75, 3.05) is 12.3 Å². The molecular weight excluding hydrogens is 390 g/mol. The van der Waals surface area contributed by atoms with Crippen LogP contribution < -0.4 is 10.9 Å². The summed E-state index contributed by atoms with van der Waals surface area (Å²) in [5.41, 5.74) is 1.90. The van der Waals surface area contributed by atoms with E-state index in [0.29, 0.717) is 34.4 Å². The van der Waals surface area contributed by atoms with Crippen molar-refractivity contribution >= 4 is 39.2 Å². The number of benzene rings is 1. The molecule has 0 radical (unpaired) electrons. The second kappa shape index (κ2) is 9.89. The Morgan fingerprint density at radius 1 is 1.25 bits per heavy atom. The first kappa shape index (κ1) is 20.6. The summed E-state index contributed by atoms with van der Waals surface area (Å²) in [5.74, 6) is 0.694.